The second-order valence-corrected chi connectivity index (χ2v) is 4.01. The molecule has 1 N–H and O–H groups in total. The standard InChI is InChI=1S/C11H13N3O4/c1-18-11(17)8-3-13-9(4-12-8)14-5-7(6-15)2-10(14)16/h3-4,7,15H,2,5-6H2,1H3. The number of methoxy groups -OCH3 is 1. The summed E-state index contributed by atoms with van der Waals surface area (Å²) in [6.07, 6.45) is 2.92. The van der Waals surface area contributed by atoms with Crippen molar-refractivity contribution in [3.8, 4) is 0 Å². The predicted molar refractivity (Wildman–Crippen MR) is 60.9 cm³/mol. The summed E-state index contributed by atoms with van der Waals surface area (Å²) in [4.78, 5) is 32.2. The number of esters is 1. The lowest BCUT2D eigenvalue weighted by molar-refractivity contribution is -0.117. The quantitative estimate of drug-likeness (QED) is 0.735. The van der Waals surface area contributed by atoms with Crippen molar-refractivity contribution in [2.75, 3.05) is 25.2 Å². The first-order valence-corrected chi connectivity index (χ1v) is 5.47. The summed E-state index contributed by atoms with van der Waals surface area (Å²) in [7, 11) is 1.26. The number of ether oxygens (including phenoxy) is 1. The molecule has 96 valence electrons. The Hall–Kier alpha value is -2.02. The van der Waals surface area contributed by atoms with E-state index in [-0.39, 0.29) is 24.1 Å². The van der Waals surface area contributed by atoms with E-state index in [1.807, 2.05) is 0 Å². The van der Waals surface area contributed by atoms with E-state index in [0.717, 1.165) is 0 Å². The molecule has 1 fully saturated rings. The number of nitrogens with zero attached hydrogens (tertiary/aromatic N) is 3. The van der Waals surface area contributed by atoms with Gasteiger partial charge >= 0.3 is 5.97 Å². The molecule has 2 rings (SSSR count). The Morgan fingerprint density at radius 1 is 1.56 bits per heavy atom. The van der Waals surface area contributed by atoms with Crippen LogP contribution in [0.15, 0.2) is 12.4 Å². The second-order valence-electron chi connectivity index (χ2n) is 4.01. The first-order valence-electron chi connectivity index (χ1n) is 5.47. The minimum absolute atomic E-state index is 0.0318. The maximum Gasteiger partial charge on any atom is 0.358 e. The summed E-state index contributed by atoms with van der Waals surface area (Å²) in [5, 5.41) is 9.02. The first kappa shape index (κ1) is 12.4. The SMILES string of the molecule is COC(=O)c1cnc(N2CC(CO)CC2=O)cn1. The Balaban J connectivity index is 2.15. The van der Waals surface area contributed by atoms with Crippen LogP contribution in [0, 0.1) is 5.92 Å². The molecule has 7 heteroatoms. The van der Waals surface area contributed by atoms with Crippen LogP contribution in [0.3, 0.4) is 0 Å². The number of carbonyl (C=O) groups excluding carboxylic acids is 2. The van der Waals surface area contributed by atoms with Gasteiger partial charge in [0.1, 0.15) is 0 Å². The van der Waals surface area contributed by atoms with Gasteiger partial charge in [0.2, 0.25) is 5.91 Å². The third kappa shape index (κ3) is 2.30. The molecular formula is C11H13N3O4. The number of aliphatic hydroxyl groups excluding tert-OH is 1. The molecule has 1 aliphatic rings. The fourth-order valence-corrected chi connectivity index (χ4v) is 1.80. The summed E-state index contributed by atoms with van der Waals surface area (Å²) in [5.41, 5.74) is 0.0894. The Bertz CT molecular complexity index is 460. The van der Waals surface area contributed by atoms with Crippen molar-refractivity contribution in [1.82, 2.24) is 9.97 Å². The number of hydrogen-bond donors (Lipinski definition) is 1. The van der Waals surface area contributed by atoms with Crippen molar-refractivity contribution in [2.45, 2.75) is 6.42 Å². The molecule has 1 atom stereocenters. The number of aliphatic hydroxyl groups is 1. The topological polar surface area (TPSA) is 92.6 Å². The molecule has 1 aromatic heterocycles. The average Bonchev–Trinajstić information content (AvgIpc) is 2.79. The van der Waals surface area contributed by atoms with Crippen molar-refractivity contribution in [2.24, 2.45) is 5.92 Å². The average molecular weight is 251 g/mol. The fraction of sp³-hybridized carbons (Fsp3) is 0.455. The van der Waals surface area contributed by atoms with Crippen LogP contribution in [-0.2, 0) is 9.53 Å². The van der Waals surface area contributed by atoms with Gasteiger partial charge in [-0.15, -0.1) is 0 Å². The molecule has 18 heavy (non-hydrogen) atoms. The summed E-state index contributed by atoms with van der Waals surface area (Å²) in [5.74, 6) is -0.368. The molecule has 0 spiro atoms. The van der Waals surface area contributed by atoms with Crippen LogP contribution in [0.25, 0.3) is 0 Å². The van der Waals surface area contributed by atoms with E-state index in [2.05, 4.69) is 14.7 Å². The maximum atomic E-state index is 11.7. The van der Waals surface area contributed by atoms with Crippen LogP contribution in [0.5, 0.6) is 0 Å². The predicted octanol–water partition coefficient (Wildman–Crippen LogP) is -0.392. The molecule has 0 aromatic carbocycles. The Morgan fingerprint density at radius 3 is 2.83 bits per heavy atom. The first-order chi connectivity index (χ1) is 8.65. The highest BCUT2D eigenvalue weighted by Crippen LogP contribution is 2.22. The molecule has 1 saturated heterocycles. The van der Waals surface area contributed by atoms with Crippen molar-refractivity contribution in [1.29, 1.82) is 0 Å². The van der Waals surface area contributed by atoms with Crippen molar-refractivity contribution in [3.05, 3.63) is 18.1 Å². The normalized spacial score (nSPS) is 19.1. The van der Waals surface area contributed by atoms with Crippen molar-refractivity contribution >= 4 is 17.7 Å². The molecule has 1 amide bonds. The van der Waals surface area contributed by atoms with E-state index >= 15 is 0 Å². The van der Waals surface area contributed by atoms with Gasteiger partial charge in [0, 0.05) is 25.5 Å². The maximum absolute atomic E-state index is 11.7. The zero-order valence-corrected chi connectivity index (χ0v) is 9.87. The van der Waals surface area contributed by atoms with E-state index in [0.29, 0.717) is 18.8 Å². The van der Waals surface area contributed by atoms with E-state index < -0.39 is 5.97 Å². The van der Waals surface area contributed by atoms with E-state index in [9.17, 15) is 9.59 Å². The van der Waals surface area contributed by atoms with Gasteiger partial charge in [0.05, 0.1) is 19.5 Å². The lowest BCUT2D eigenvalue weighted by Gasteiger charge is -2.14. The van der Waals surface area contributed by atoms with Crippen LogP contribution < -0.4 is 4.90 Å². The Labute approximate surface area is 103 Å². The van der Waals surface area contributed by atoms with E-state index in [1.165, 1.54) is 24.4 Å². The Morgan fingerprint density at radius 2 is 2.33 bits per heavy atom. The number of hydrogen-bond acceptors (Lipinski definition) is 6. The summed E-state index contributed by atoms with van der Waals surface area (Å²) in [6.45, 7) is 0.386. The molecule has 0 radical (unpaired) electrons. The molecule has 7 nitrogen and oxygen atoms in total. The van der Waals surface area contributed by atoms with E-state index in [1.54, 1.807) is 0 Å². The van der Waals surface area contributed by atoms with Gasteiger partial charge < -0.3 is 9.84 Å². The van der Waals surface area contributed by atoms with Gasteiger partial charge in [-0.3, -0.25) is 9.69 Å². The number of amides is 1. The lowest BCUT2D eigenvalue weighted by Crippen LogP contribution is -2.26. The smallest absolute Gasteiger partial charge is 0.358 e. The third-order valence-electron chi connectivity index (χ3n) is 2.77. The second kappa shape index (κ2) is 5.09. The van der Waals surface area contributed by atoms with Crippen molar-refractivity contribution in [3.63, 3.8) is 0 Å². The van der Waals surface area contributed by atoms with Crippen LogP contribution in [0.4, 0.5) is 5.82 Å². The molecule has 2 heterocycles. The van der Waals surface area contributed by atoms with Crippen LogP contribution in [0.1, 0.15) is 16.9 Å². The zero-order chi connectivity index (χ0) is 13.1. The summed E-state index contributed by atoms with van der Waals surface area (Å²) < 4.78 is 4.50. The molecule has 1 unspecified atom stereocenters. The molecule has 0 bridgehead atoms. The minimum Gasteiger partial charge on any atom is -0.464 e. The van der Waals surface area contributed by atoms with Gasteiger partial charge in [-0.05, 0) is 0 Å². The molecular weight excluding hydrogens is 238 g/mol. The van der Waals surface area contributed by atoms with Crippen LogP contribution in [-0.4, -0.2) is 47.2 Å². The zero-order valence-electron chi connectivity index (χ0n) is 9.87. The van der Waals surface area contributed by atoms with Crippen LogP contribution >= 0.6 is 0 Å². The third-order valence-corrected chi connectivity index (χ3v) is 2.77. The lowest BCUT2D eigenvalue weighted by atomic mass is 10.1. The monoisotopic (exact) mass is 251 g/mol. The molecule has 0 aliphatic carbocycles. The fourth-order valence-electron chi connectivity index (χ4n) is 1.80. The molecule has 1 aliphatic heterocycles. The summed E-state index contributed by atoms with van der Waals surface area (Å²) >= 11 is 0. The highest BCUT2D eigenvalue weighted by atomic mass is 16.5. The number of aromatic nitrogens is 2. The summed E-state index contributed by atoms with van der Waals surface area (Å²) in [6, 6.07) is 0. The highest BCUT2D eigenvalue weighted by Gasteiger charge is 2.31. The van der Waals surface area contributed by atoms with Crippen LogP contribution in [0.2, 0.25) is 0 Å². The minimum atomic E-state index is -0.574. The number of carbonyl (C=O) groups is 2. The number of rotatable bonds is 3. The van der Waals surface area contributed by atoms with Gasteiger partial charge in [0.25, 0.3) is 0 Å². The largest absolute Gasteiger partial charge is 0.464 e. The van der Waals surface area contributed by atoms with Gasteiger partial charge in [-0.2, -0.15) is 0 Å². The van der Waals surface area contributed by atoms with Gasteiger partial charge in [0.15, 0.2) is 11.5 Å². The number of anilines is 1. The molecule has 0 saturated carbocycles. The molecule has 1 aromatic rings. The highest BCUT2D eigenvalue weighted by molar-refractivity contribution is 5.95. The van der Waals surface area contributed by atoms with Gasteiger partial charge in [-0.25, -0.2) is 14.8 Å². The van der Waals surface area contributed by atoms with Crippen molar-refractivity contribution < 1.29 is 19.4 Å². The van der Waals surface area contributed by atoms with E-state index in [4.69, 9.17) is 5.11 Å². The Kier molecular flexibility index (Phi) is 3.52. The van der Waals surface area contributed by atoms with Gasteiger partial charge in [-0.1, -0.05) is 0 Å².